The molecule has 0 bridgehead atoms. The minimum absolute atomic E-state index is 0.0985. The maximum absolute atomic E-state index is 13.4. The Balaban J connectivity index is 1.78. The van der Waals surface area contributed by atoms with Gasteiger partial charge >= 0.3 is 0 Å². The molecular formula is C15H15FN2OS. The number of amides is 1. The van der Waals surface area contributed by atoms with Crippen LogP contribution in [0, 0.1) is 5.82 Å². The van der Waals surface area contributed by atoms with E-state index >= 15 is 0 Å². The van der Waals surface area contributed by atoms with Crippen LogP contribution in [0.4, 0.5) is 15.8 Å². The highest BCUT2D eigenvalue weighted by Crippen LogP contribution is 2.22. The largest absolute Gasteiger partial charge is 0.399 e. The first kappa shape index (κ1) is 14.4. The standard InChI is InChI=1S/C15H15FN2OS/c16-13-3-1-2-4-14(13)20-10-9-15(19)18-12-7-5-11(17)6-8-12/h1-8H,9-10,17H2,(H,18,19). The molecule has 0 atom stereocenters. The number of carbonyl (C=O) groups is 1. The van der Waals surface area contributed by atoms with Crippen molar-refractivity contribution in [3.8, 4) is 0 Å². The highest BCUT2D eigenvalue weighted by molar-refractivity contribution is 7.99. The Morgan fingerprint density at radius 1 is 1.15 bits per heavy atom. The summed E-state index contributed by atoms with van der Waals surface area (Å²) in [5, 5.41) is 2.77. The number of rotatable bonds is 5. The maximum Gasteiger partial charge on any atom is 0.225 e. The Kier molecular flexibility index (Phi) is 5.01. The number of nitrogens with one attached hydrogen (secondary N) is 1. The summed E-state index contributed by atoms with van der Waals surface area (Å²) >= 11 is 1.33. The number of carbonyl (C=O) groups excluding carboxylic acids is 1. The number of nitrogens with two attached hydrogens (primary N) is 1. The van der Waals surface area contributed by atoms with E-state index in [-0.39, 0.29) is 11.7 Å². The van der Waals surface area contributed by atoms with Crippen molar-refractivity contribution in [3.63, 3.8) is 0 Å². The summed E-state index contributed by atoms with van der Waals surface area (Å²) in [6.07, 6.45) is 0.323. The predicted molar refractivity (Wildman–Crippen MR) is 81.2 cm³/mol. The molecule has 2 aromatic rings. The van der Waals surface area contributed by atoms with Gasteiger partial charge < -0.3 is 11.1 Å². The van der Waals surface area contributed by atoms with Gasteiger partial charge in [0.25, 0.3) is 0 Å². The zero-order chi connectivity index (χ0) is 14.4. The molecule has 20 heavy (non-hydrogen) atoms. The van der Waals surface area contributed by atoms with Crippen LogP contribution in [0.3, 0.4) is 0 Å². The summed E-state index contributed by atoms with van der Waals surface area (Å²) in [4.78, 5) is 12.3. The van der Waals surface area contributed by atoms with Gasteiger partial charge in [0, 0.05) is 28.4 Å². The Bertz CT molecular complexity index is 587. The summed E-state index contributed by atoms with van der Waals surface area (Å²) < 4.78 is 13.4. The monoisotopic (exact) mass is 290 g/mol. The third-order valence-corrected chi connectivity index (χ3v) is 3.67. The highest BCUT2D eigenvalue weighted by atomic mass is 32.2. The molecule has 2 aromatic carbocycles. The first-order valence-corrected chi connectivity index (χ1v) is 7.16. The topological polar surface area (TPSA) is 55.1 Å². The zero-order valence-corrected chi connectivity index (χ0v) is 11.6. The normalized spacial score (nSPS) is 10.2. The first-order chi connectivity index (χ1) is 9.65. The van der Waals surface area contributed by atoms with Gasteiger partial charge in [-0.3, -0.25) is 4.79 Å². The van der Waals surface area contributed by atoms with Crippen LogP contribution in [0.15, 0.2) is 53.4 Å². The van der Waals surface area contributed by atoms with Crippen molar-refractivity contribution >= 4 is 29.0 Å². The molecule has 0 aliphatic rings. The molecule has 0 unspecified atom stereocenters. The second-order valence-corrected chi connectivity index (χ2v) is 5.34. The summed E-state index contributed by atoms with van der Waals surface area (Å²) in [6, 6.07) is 13.5. The van der Waals surface area contributed by atoms with E-state index in [4.69, 9.17) is 5.73 Å². The molecule has 1 amide bonds. The molecule has 0 aromatic heterocycles. The zero-order valence-electron chi connectivity index (χ0n) is 10.8. The average molecular weight is 290 g/mol. The SMILES string of the molecule is Nc1ccc(NC(=O)CCSc2ccccc2F)cc1. The molecule has 5 heteroatoms. The number of anilines is 2. The van der Waals surface area contributed by atoms with E-state index in [9.17, 15) is 9.18 Å². The summed E-state index contributed by atoms with van der Waals surface area (Å²) in [5.41, 5.74) is 6.92. The van der Waals surface area contributed by atoms with Gasteiger partial charge in [0.1, 0.15) is 5.82 Å². The van der Waals surface area contributed by atoms with Crippen LogP contribution >= 0.6 is 11.8 Å². The van der Waals surface area contributed by atoms with E-state index in [0.717, 1.165) is 0 Å². The van der Waals surface area contributed by atoms with Gasteiger partial charge in [-0.15, -0.1) is 11.8 Å². The number of benzene rings is 2. The van der Waals surface area contributed by atoms with Gasteiger partial charge in [-0.1, -0.05) is 12.1 Å². The molecule has 0 aliphatic carbocycles. The molecule has 0 radical (unpaired) electrons. The summed E-state index contributed by atoms with van der Waals surface area (Å²) in [6.45, 7) is 0. The number of hydrogen-bond acceptors (Lipinski definition) is 3. The van der Waals surface area contributed by atoms with Crippen LogP contribution in [0.1, 0.15) is 6.42 Å². The lowest BCUT2D eigenvalue weighted by Gasteiger charge is -2.06. The van der Waals surface area contributed by atoms with E-state index in [2.05, 4.69) is 5.32 Å². The number of nitrogen functional groups attached to an aromatic ring is 1. The fourth-order valence-corrected chi connectivity index (χ4v) is 2.49. The van der Waals surface area contributed by atoms with E-state index in [1.165, 1.54) is 17.8 Å². The molecule has 0 heterocycles. The van der Waals surface area contributed by atoms with Crippen molar-refractivity contribution in [1.82, 2.24) is 0 Å². The fourth-order valence-electron chi connectivity index (χ4n) is 1.61. The van der Waals surface area contributed by atoms with Crippen molar-refractivity contribution in [2.45, 2.75) is 11.3 Å². The Morgan fingerprint density at radius 2 is 1.85 bits per heavy atom. The van der Waals surface area contributed by atoms with Crippen molar-refractivity contribution in [2.75, 3.05) is 16.8 Å². The number of hydrogen-bond donors (Lipinski definition) is 2. The predicted octanol–water partition coefficient (Wildman–Crippen LogP) is 3.53. The lowest BCUT2D eigenvalue weighted by atomic mass is 10.3. The minimum Gasteiger partial charge on any atom is -0.399 e. The first-order valence-electron chi connectivity index (χ1n) is 6.18. The van der Waals surface area contributed by atoms with Gasteiger partial charge in [0.2, 0.25) is 5.91 Å². The third kappa shape index (κ3) is 4.28. The quantitative estimate of drug-likeness (QED) is 0.654. The van der Waals surface area contributed by atoms with Crippen molar-refractivity contribution in [2.24, 2.45) is 0 Å². The van der Waals surface area contributed by atoms with Crippen molar-refractivity contribution in [3.05, 3.63) is 54.3 Å². The smallest absolute Gasteiger partial charge is 0.225 e. The van der Waals surface area contributed by atoms with Crippen LogP contribution in [-0.4, -0.2) is 11.7 Å². The Morgan fingerprint density at radius 3 is 2.55 bits per heavy atom. The van der Waals surface area contributed by atoms with Gasteiger partial charge in [-0.25, -0.2) is 4.39 Å². The maximum atomic E-state index is 13.4. The molecule has 3 nitrogen and oxygen atoms in total. The minimum atomic E-state index is -0.253. The van der Waals surface area contributed by atoms with Crippen LogP contribution in [-0.2, 0) is 4.79 Å². The summed E-state index contributed by atoms with van der Waals surface area (Å²) in [5.74, 6) is 0.178. The number of thioether (sulfide) groups is 1. The molecule has 2 rings (SSSR count). The second kappa shape index (κ2) is 6.96. The second-order valence-electron chi connectivity index (χ2n) is 4.20. The van der Waals surface area contributed by atoms with Crippen molar-refractivity contribution in [1.29, 1.82) is 0 Å². The Hall–Kier alpha value is -2.01. The van der Waals surface area contributed by atoms with E-state index in [0.29, 0.717) is 28.4 Å². The number of halogens is 1. The van der Waals surface area contributed by atoms with Gasteiger partial charge in [-0.05, 0) is 36.4 Å². The van der Waals surface area contributed by atoms with E-state index in [1.54, 1.807) is 42.5 Å². The van der Waals surface area contributed by atoms with E-state index < -0.39 is 0 Å². The van der Waals surface area contributed by atoms with Crippen LogP contribution in [0.5, 0.6) is 0 Å². The lowest BCUT2D eigenvalue weighted by Crippen LogP contribution is -2.12. The third-order valence-electron chi connectivity index (χ3n) is 2.62. The fraction of sp³-hybridized carbons (Fsp3) is 0.133. The van der Waals surface area contributed by atoms with Crippen LogP contribution < -0.4 is 11.1 Å². The van der Waals surface area contributed by atoms with E-state index in [1.807, 2.05) is 0 Å². The van der Waals surface area contributed by atoms with Crippen molar-refractivity contribution < 1.29 is 9.18 Å². The highest BCUT2D eigenvalue weighted by Gasteiger charge is 2.05. The average Bonchev–Trinajstić information content (AvgIpc) is 2.43. The molecule has 0 saturated heterocycles. The van der Waals surface area contributed by atoms with Gasteiger partial charge in [0.15, 0.2) is 0 Å². The molecular weight excluding hydrogens is 275 g/mol. The van der Waals surface area contributed by atoms with Gasteiger partial charge in [-0.2, -0.15) is 0 Å². The van der Waals surface area contributed by atoms with Gasteiger partial charge in [0.05, 0.1) is 0 Å². The molecule has 0 spiro atoms. The lowest BCUT2D eigenvalue weighted by molar-refractivity contribution is -0.115. The molecule has 3 N–H and O–H groups in total. The Labute approximate surface area is 121 Å². The van der Waals surface area contributed by atoms with Crippen LogP contribution in [0.25, 0.3) is 0 Å². The summed E-state index contributed by atoms with van der Waals surface area (Å²) in [7, 11) is 0. The molecule has 0 saturated carbocycles. The molecule has 0 fully saturated rings. The van der Waals surface area contributed by atoms with Crippen LogP contribution in [0.2, 0.25) is 0 Å². The molecule has 104 valence electrons. The molecule has 0 aliphatic heterocycles.